The topological polar surface area (TPSA) is 73.8 Å². The van der Waals surface area contributed by atoms with Gasteiger partial charge in [0.25, 0.3) is 5.91 Å². The Labute approximate surface area is 152 Å². The van der Waals surface area contributed by atoms with Gasteiger partial charge in [-0.2, -0.15) is 5.10 Å². The van der Waals surface area contributed by atoms with Crippen LogP contribution in [0.15, 0.2) is 30.3 Å². The number of carbonyl (C=O) groups excluding carboxylic acids is 1. The first kappa shape index (κ1) is 18.0. The van der Waals surface area contributed by atoms with Crippen LogP contribution in [0.3, 0.4) is 0 Å². The maximum absolute atomic E-state index is 13.0. The lowest BCUT2D eigenvalue weighted by molar-refractivity contribution is 0.0522. The molecule has 0 aliphatic carbocycles. The van der Waals surface area contributed by atoms with Gasteiger partial charge in [-0.05, 0) is 38.0 Å². The number of benzene rings is 1. The second kappa shape index (κ2) is 8.03. The van der Waals surface area contributed by atoms with Gasteiger partial charge < -0.3 is 19.1 Å². The van der Waals surface area contributed by atoms with Gasteiger partial charge >= 0.3 is 0 Å². The van der Waals surface area contributed by atoms with Crippen LogP contribution in [-0.4, -0.2) is 54.4 Å². The van der Waals surface area contributed by atoms with Crippen molar-refractivity contribution >= 4 is 5.91 Å². The van der Waals surface area contributed by atoms with E-state index in [0.717, 1.165) is 18.5 Å². The summed E-state index contributed by atoms with van der Waals surface area (Å²) in [6, 6.07) is 8.96. The molecule has 1 aromatic carbocycles. The van der Waals surface area contributed by atoms with Gasteiger partial charge in [0.2, 0.25) is 5.88 Å². The first-order valence-electron chi connectivity index (χ1n) is 8.59. The van der Waals surface area contributed by atoms with Crippen LogP contribution in [0.2, 0.25) is 0 Å². The third-order valence-corrected chi connectivity index (χ3v) is 4.36. The molecule has 0 radical (unpaired) electrons. The Hall–Kier alpha value is -2.83. The van der Waals surface area contributed by atoms with E-state index < -0.39 is 0 Å². The lowest BCUT2D eigenvalue weighted by Gasteiger charge is -2.33. The monoisotopic (exact) mass is 357 g/mol. The van der Waals surface area contributed by atoms with Gasteiger partial charge in [0, 0.05) is 12.6 Å². The molecule has 26 heavy (non-hydrogen) atoms. The van der Waals surface area contributed by atoms with Crippen LogP contribution in [0, 0.1) is 6.92 Å². The summed E-state index contributed by atoms with van der Waals surface area (Å²) >= 11 is 0. The number of hydrogen-bond donors (Lipinski definition) is 0. The largest absolute Gasteiger partial charge is 0.493 e. The molecular formula is C19H23N3O4. The zero-order valence-electron chi connectivity index (χ0n) is 15.3. The quantitative estimate of drug-likeness (QED) is 0.818. The molecule has 7 nitrogen and oxygen atoms in total. The maximum atomic E-state index is 13.0. The minimum Gasteiger partial charge on any atom is -0.493 e. The van der Waals surface area contributed by atoms with Crippen molar-refractivity contribution in [3.8, 4) is 17.4 Å². The van der Waals surface area contributed by atoms with Gasteiger partial charge in [-0.1, -0.05) is 6.07 Å². The number of aromatic nitrogens is 2. The predicted octanol–water partition coefficient (Wildman–Crippen LogP) is 2.49. The molecule has 1 aromatic heterocycles. The van der Waals surface area contributed by atoms with Gasteiger partial charge in [-0.3, -0.25) is 4.79 Å². The molecule has 0 bridgehead atoms. The fourth-order valence-corrected chi connectivity index (χ4v) is 3.07. The normalized spacial score (nSPS) is 16.9. The van der Waals surface area contributed by atoms with E-state index in [2.05, 4.69) is 10.2 Å². The number of ether oxygens (including phenoxy) is 3. The predicted molar refractivity (Wildman–Crippen MR) is 95.9 cm³/mol. The molecule has 1 atom stereocenters. The first-order chi connectivity index (χ1) is 12.6. The third kappa shape index (κ3) is 3.87. The summed E-state index contributed by atoms with van der Waals surface area (Å²) in [7, 11) is 3.09. The van der Waals surface area contributed by atoms with Crippen LogP contribution in [0.25, 0.3) is 0 Å². The number of nitrogens with zero attached hydrogens (tertiary/aromatic N) is 3. The Morgan fingerprint density at radius 2 is 2.00 bits per heavy atom. The third-order valence-electron chi connectivity index (χ3n) is 4.36. The second-order valence-electron chi connectivity index (χ2n) is 6.19. The van der Waals surface area contributed by atoms with E-state index in [1.807, 2.05) is 13.0 Å². The maximum Gasteiger partial charge on any atom is 0.257 e. The number of hydrogen-bond acceptors (Lipinski definition) is 6. The van der Waals surface area contributed by atoms with E-state index >= 15 is 0 Å². The summed E-state index contributed by atoms with van der Waals surface area (Å²) in [5.74, 6) is 1.38. The summed E-state index contributed by atoms with van der Waals surface area (Å²) < 4.78 is 16.6. The zero-order chi connectivity index (χ0) is 18.5. The van der Waals surface area contributed by atoms with Gasteiger partial charge in [0.05, 0.1) is 32.0 Å². The molecule has 1 aliphatic heterocycles. The molecule has 0 saturated carbocycles. The summed E-state index contributed by atoms with van der Waals surface area (Å²) in [4.78, 5) is 14.8. The summed E-state index contributed by atoms with van der Waals surface area (Å²) in [6.07, 6.45) is 1.62. The van der Waals surface area contributed by atoms with E-state index in [9.17, 15) is 4.79 Å². The molecule has 2 heterocycles. The number of amides is 1. The van der Waals surface area contributed by atoms with Crippen molar-refractivity contribution in [3.05, 3.63) is 41.6 Å². The lowest BCUT2D eigenvalue weighted by atomic mass is 10.1. The van der Waals surface area contributed by atoms with Crippen LogP contribution in [-0.2, 0) is 0 Å². The molecule has 1 unspecified atom stereocenters. The van der Waals surface area contributed by atoms with Crippen molar-refractivity contribution in [2.45, 2.75) is 25.9 Å². The van der Waals surface area contributed by atoms with Crippen molar-refractivity contribution < 1.29 is 19.0 Å². The van der Waals surface area contributed by atoms with Crippen molar-refractivity contribution in [1.29, 1.82) is 0 Å². The van der Waals surface area contributed by atoms with Crippen molar-refractivity contribution in [3.63, 3.8) is 0 Å². The smallest absolute Gasteiger partial charge is 0.257 e. The van der Waals surface area contributed by atoms with Gasteiger partial charge in [-0.25, -0.2) is 0 Å². The van der Waals surface area contributed by atoms with Gasteiger partial charge in [-0.15, -0.1) is 5.10 Å². The lowest BCUT2D eigenvalue weighted by Crippen LogP contribution is -2.44. The molecule has 1 saturated heterocycles. The van der Waals surface area contributed by atoms with E-state index in [1.54, 1.807) is 36.3 Å². The minimum atomic E-state index is -0.110. The standard InChI is InChI=1S/C19H23N3O4/c1-13-9-10-17(21-20-13)26-14-6-5-11-22(12-14)19(23)15-7-4-8-16(24-2)18(15)25-3/h4,7-10,14H,5-6,11-12H2,1-3H3. The van der Waals surface area contributed by atoms with Crippen molar-refractivity contribution in [2.75, 3.05) is 27.3 Å². The fourth-order valence-electron chi connectivity index (χ4n) is 3.07. The van der Waals surface area contributed by atoms with E-state index in [0.29, 0.717) is 36.0 Å². The molecule has 1 amide bonds. The van der Waals surface area contributed by atoms with E-state index in [-0.39, 0.29) is 12.0 Å². The molecular weight excluding hydrogens is 334 g/mol. The zero-order valence-corrected chi connectivity index (χ0v) is 15.3. The molecule has 2 aromatic rings. The molecule has 1 aliphatic rings. The van der Waals surface area contributed by atoms with E-state index in [1.165, 1.54) is 7.11 Å². The van der Waals surface area contributed by atoms with Crippen LogP contribution in [0.1, 0.15) is 28.9 Å². The van der Waals surface area contributed by atoms with Gasteiger partial charge in [0.15, 0.2) is 11.5 Å². The number of piperidine rings is 1. The molecule has 3 rings (SSSR count). The highest BCUT2D eigenvalue weighted by atomic mass is 16.5. The second-order valence-corrected chi connectivity index (χ2v) is 6.19. The Bertz CT molecular complexity index is 764. The highest BCUT2D eigenvalue weighted by Gasteiger charge is 2.28. The van der Waals surface area contributed by atoms with Crippen LogP contribution < -0.4 is 14.2 Å². The molecule has 0 spiro atoms. The number of para-hydroxylation sites is 1. The summed E-state index contributed by atoms with van der Waals surface area (Å²) in [5, 5.41) is 8.04. The molecule has 0 N–H and O–H groups in total. The van der Waals surface area contributed by atoms with Crippen LogP contribution in [0.4, 0.5) is 0 Å². The highest BCUT2D eigenvalue weighted by molar-refractivity contribution is 5.98. The van der Waals surface area contributed by atoms with Crippen LogP contribution in [0.5, 0.6) is 17.4 Å². The molecule has 1 fully saturated rings. The average molecular weight is 357 g/mol. The number of aryl methyl sites for hydroxylation is 1. The Morgan fingerprint density at radius 3 is 2.69 bits per heavy atom. The summed E-state index contributed by atoms with van der Waals surface area (Å²) in [6.45, 7) is 3.05. The number of methoxy groups -OCH3 is 2. The Balaban J connectivity index is 1.73. The van der Waals surface area contributed by atoms with Crippen molar-refractivity contribution in [2.24, 2.45) is 0 Å². The fraction of sp³-hybridized carbons (Fsp3) is 0.421. The molecule has 138 valence electrons. The van der Waals surface area contributed by atoms with Crippen molar-refractivity contribution in [1.82, 2.24) is 15.1 Å². The Morgan fingerprint density at radius 1 is 1.15 bits per heavy atom. The van der Waals surface area contributed by atoms with Crippen LogP contribution >= 0.6 is 0 Å². The summed E-state index contributed by atoms with van der Waals surface area (Å²) in [5.41, 5.74) is 1.32. The first-order valence-corrected chi connectivity index (χ1v) is 8.59. The van der Waals surface area contributed by atoms with E-state index in [4.69, 9.17) is 14.2 Å². The molecule has 7 heteroatoms. The van der Waals surface area contributed by atoms with Gasteiger partial charge in [0.1, 0.15) is 6.10 Å². The number of carbonyl (C=O) groups is 1. The Kier molecular flexibility index (Phi) is 5.55. The number of rotatable bonds is 5. The highest BCUT2D eigenvalue weighted by Crippen LogP contribution is 2.32. The minimum absolute atomic E-state index is 0.0935. The number of likely N-dealkylation sites (tertiary alicyclic amines) is 1. The average Bonchev–Trinajstić information content (AvgIpc) is 2.68. The SMILES string of the molecule is COc1cccc(C(=O)N2CCCC(Oc3ccc(C)nn3)C2)c1OC.